The lowest BCUT2D eigenvalue weighted by atomic mass is 9.88. The summed E-state index contributed by atoms with van der Waals surface area (Å²) in [5.74, 6) is 0.674. The molecule has 37 heavy (non-hydrogen) atoms. The highest BCUT2D eigenvalue weighted by atomic mass is 19.1. The Morgan fingerprint density at radius 1 is 0.865 bits per heavy atom. The average molecular weight is 524 g/mol. The van der Waals surface area contributed by atoms with Crippen LogP contribution in [0.3, 0.4) is 0 Å². The topological polar surface area (TPSA) is 80.1 Å². The molecule has 0 saturated carbocycles. The third-order valence-electron chi connectivity index (χ3n) is 9.35. The Kier molecular flexibility index (Phi) is 9.89. The van der Waals surface area contributed by atoms with Crippen LogP contribution in [0.25, 0.3) is 0 Å². The molecule has 9 heteroatoms. The molecule has 4 N–H and O–H groups in total. The minimum absolute atomic E-state index is 0.0609. The van der Waals surface area contributed by atoms with E-state index in [4.69, 9.17) is 5.73 Å². The number of nitrogens with one attached hydrogen (secondary N) is 2. The summed E-state index contributed by atoms with van der Waals surface area (Å²) in [7, 11) is 0. The number of hydrogen-bond donors (Lipinski definition) is 3. The summed E-state index contributed by atoms with van der Waals surface area (Å²) >= 11 is 0. The lowest BCUT2D eigenvalue weighted by Crippen LogP contribution is -2.62. The molecule has 8 nitrogen and oxygen atoms in total. The van der Waals surface area contributed by atoms with Gasteiger partial charge in [0.2, 0.25) is 5.91 Å². The van der Waals surface area contributed by atoms with Gasteiger partial charge in [-0.15, -0.1) is 0 Å². The third-order valence-corrected chi connectivity index (χ3v) is 9.35. The van der Waals surface area contributed by atoms with Crippen LogP contribution in [0.4, 0.5) is 4.39 Å². The van der Waals surface area contributed by atoms with Crippen molar-refractivity contribution in [2.45, 2.75) is 103 Å². The van der Waals surface area contributed by atoms with Crippen molar-refractivity contribution < 1.29 is 9.18 Å². The van der Waals surface area contributed by atoms with Gasteiger partial charge in [-0.3, -0.25) is 19.5 Å². The molecular formula is C28H54FN7O. The summed E-state index contributed by atoms with van der Waals surface area (Å²) in [6, 6.07) is 1.67. The standard InChI is InChI=1S/C28H54FN7O/c1-18(2)33-8-7-31-27(17-33)25(29)10-23-14-34(19(3)4)13-22(32-23)9-21-11-36(12-21)28(37)24-15-35(20(5)6)16-26(24)30/h18-27,31-32H,7-17,30H2,1-6H3/t22-,23+,24?,25?,26?,27+/m0/s1. The minimum Gasteiger partial charge on any atom is -0.342 e. The van der Waals surface area contributed by atoms with E-state index in [0.717, 1.165) is 65.3 Å². The summed E-state index contributed by atoms with van der Waals surface area (Å²) in [4.78, 5) is 22.3. The van der Waals surface area contributed by atoms with Crippen LogP contribution in [0.15, 0.2) is 0 Å². The number of alkyl halides is 1. The van der Waals surface area contributed by atoms with E-state index >= 15 is 4.39 Å². The first kappa shape index (κ1) is 29.2. The Morgan fingerprint density at radius 3 is 2.11 bits per heavy atom. The second kappa shape index (κ2) is 12.6. The highest BCUT2D eigenvalue weighted by Crippen LogP contribution is 2.28. The van der Waals surface area contributed by atoms with Crippen LogP contribution in [-0.2, 0) is 4.79 Å². The zero-order valence-electron chi connectivity index (χ0n) is 24.2. The molecule has 0 aromatic carbocycles. The maximum atomic E-state index is 15.5. The van der Waals surface area contributed by atoms with Gasteiger partial charge in [-0.1, -0.05) is 0 Å². The van der Waals surface area contributed by atoms with Crippen molar-refractivity contribution in [3.8, 4) is 0 Å². The SMILES string of the molecule is CC(C)N1CC(N)C(C(=O)N2CC(C[C@H]3CN(C(C)C)C[C@@H](CC(F)[C@H]4CN(C(C)C)CCN4)N3)C2)C1. The summed E-state index contributed by atoms with van der Waals surface area (Å²) < 4.78 is 15.5. The smallest absolute Gasteiger partial charge is 0.228 e. The third kappa shape index (κ3) is 7.22. The van der Waals surface area contributed by atoms with Gasteiger partial charge >= 0.3 is 0 Å². The van der Waals surface area contributed by atoms with Crippen molar-refractivity contribution in [2.75, 3.05) is 58.9 Å². The lowest BCUT2D eigenvalue weighted by molar-refractivity contribution is -0.142. The van der Waals surface area contributed by atoms with Crippen LogP contribution in [0.1, 0.15) is 54.4 Å². The van der Waals surface area contributed by atoms with Gasteiger partial charge in [-0.05, 0) is 60.3 Å². The van der Waals surface area contributed by atoms with E-state index < -0.39 is 6.17 Å². The van der Waals surface area contributed by atoms with Crippen LogP contribution in [0.5, 0.6) is 0 Å². The average Bonchev–Trinajstić information content (AvgIpc) is 3.22. The fraction of sp³-hybridized carbons (Fsp3) is 0.964. The van der Waals surface area contributed by atoms with Crippen molar-refractivity contribution in [1.29, 1.82) is 0 Å². The molecule has 0 aromatic rings. The summed E-state index contributed by atoms with van der Waals surface area (Å²) in [5.41, 5.74) is 6.34. The fourth-order valence-electron chi connectivity index (χ4n) is 6.81. The molecule has 0 spiro atoms. The molecule has 0 bridgehead atoms. The number of likely N-dealkylation sites (tertiary alicyclic amines) is 2. The van der Waals surface area contributed by atoms with Crippen molar-refractivity contribution in [3.63, 3.8) is 0 Å². The number of carbonyl (C=O) groups is 1. The van der Waals surface area contributed by atoms with Gasteiger partial charge in [0.05, 0.1) is 12.0 Å². The summed E-state index contributed by atoms with van der Waals surface area (Å²) in [6.45, 7) is 21.0. The molecule has 4 saturated heterocycles. The first-order valence-electron chi connectivity index (χ1n) is 14.9. The first-order valence-corrected chi connectivity index (χ1v) is 14.9. The van der Waals surface area contributed by atoms with Gasteiger partial charge in [-0.2, -0.15) is 0 Å². The zero-order valence-corrected chi connectivity index (χ0v) is 24.2. The first-order chi connectivity index (χ1) is 17.5. The predicted molar refractivity (Wildman–Crippen MR) is 148 cm³/mol. The van der Waals surface area contributed by atoms with Crippen molar-refractivity contribution >= 4 is 5.91 Å². The Morgan fingerprint density at radius 2 is 1.49 bits per heavy atom. The number of nitrogens with two attached hydrogens (primary N) is 1. The molecule has 1 amide bonds. The number of rotatable bonds is 9. The summed E-state index contributed by atoms with van der Waals surface area (Å²) in [6.07, 6.45) is 0.729. The van der Waals surface area contributed by atoms with Gasteiger partial charge in [-0.25, -0.2) is 4.39 Å². The van der Waals surface area contributed by atoms with E-state index in [1.54, 1.807) is 0 Å². The Hall–Kier alpha value is -0.840. The number of hydrogen-bond acceptors (Lipinski definition) is 7. The highest BCUT2D eigenvalue weighted by molar-refractivity contribution is 5.81. The summed E-state index contributed by atoms with van der Waals surface area (Å²) in [5, 5.41) is 7.24. The molecular weight excluding hydrogens is 469 g/mol. The number of carbonyl (C=O) groups excluding carboxylic acids is 1. The van der Waals surface area contributed by atoms with E-state index in [2.05, 4.69) is 66.9 Å². The van der Waals surface area contributed by atoms with Crippen LogP contribution in [0.2, 0.25) is 0 Å². The van der Waals surface area contributed by atoms with Crippen molar-refractivity contribution in [1.82, 2.24) is 30.2 Å². The van der Waals surface area contributed by atoms with Crippen LogP contribution in [0, 0.1) is 11.8 Å². The molecule has 4 rings (SSSR count). The highest BCUT2D eigenvalue weighted by Gasteiger charge is 2.43. The maximum absolute atomic E-state index is 15.5. The molecule has 0 aromatic heterocycles. The van der Waals surface area contributed by atoms with E-state index in [0.29, 0.717) is 36.5 Å². The molecule has 4 aliphatic heterocycles. The second-order valence-corrected chi connectivity index (χ2v) is 13.2. The predicted octanol–water partition coefficient (Wildman–Crippen LogP) is 0.964. The van der Waals surface area contributed by atoms with E-state index in [9.17, 15) is 4.79 Å². The molecule has 4 fully saturated rings. The number of nitrogens with zero attached hydrogens (tertiary/aromatic N) is 4. The molecule has 214 valence electrons. The Bertz CT molecular complexity index is 746. The van der Waals surface area contributed by atoms with Crippen LogP contribution >= 0.6 is 0 Å². The monoisotopic (exact) mass is 523 g/mol. The molecule has 0 aliphatic carbocycles. The Balaban J connectivity index is 1.26. The maximum Gasteiger partial charge on any atom is 0.228 e. The second-order valence-electron chi connectivity index (χ2n) is 13.2. The van der Waals surface area contributed by atoms with E-state index in [-0.39, 0.29) is 30.0 Å². The van der Waals surface area contributed by atoms with Crippen LogP contribution in [-0.4, -0.2) is 133 Å². The molecule has 0 radical (unpaired) electrons. The number of halogens is 1. The lowest BCUT2D eigenvalue weighted by Gasteiger charge is -2.46. The van der Waals surface area contributed by atoms with Gasteiger partial charge < -0.3 is 21.3 Å². The largest absolute Gasteiger partial charge is 0.342 e. The van der Waals surface area contributed by atoms with E-state index in [1.165, 1.54) is 0 Å². The van der Waals surface area contributed by atoms with Gasteiger partial charge in [0.15, 0.2) is 0 Å². The minimum atomic E-state index is -0.857. The van der Waals surface area contributed by atoms with Crippen molar-refractivity contribution in [2.24, 2.45) is 17.6 Å². The van der Waals surface area contributed by atoms with Crippen LogP contribution < -0.4 is 16.4 Å². The number of piperazine rings is 2. The van der Waals surface area contributed by atoms with Crippen molar-refractivity contribution in [3.05, 3.63) is 0 Å². The quantitative estimate of drug-likeness (QED) is 0.416. The fourth-order valence-corrected chi connectivity index (χ4v) is 6.81. The molecule has 3 unspecified atom stereocenters. The normalized spacial score (nSPS) is 34.0. The zero-order chi connectivity index (χ0) is 26.9. The molecule has 4 heterocycles. The number of amides is 1. The molecule has 6 atom stereocenters. The van der Waals surface area contributed by atoms with Gasteiger partial charge in [0.1, 0.15) is 6.17 Å². The molecule has 4 aliphatic rings. The van der Waals surface area contributed by atoms with Gasteiger partial charge in [0.25, 0.3) is 0 Å². The Labute approximate surface area is 224 Å². The van der Waals surface area contributed by atoms with Gasteiger partial charge in [0, 0.05) is 95.2 Å². The van der Waals surface area contributed by atoms with E-state index in [1.807, 2.05) is 4.90 Å².